The van der Waals surface area contributed by atoms with Gasteiger partial charge in [0.25, 0.3) is 0 Å². The van der Waals surface area contributed by atoms with E-state index in [4.69, 9.17) is 4.74 Å². The molecule has 4 heterocycles. The maximum Gasteiger partial charge on any atom is 0.341 e. The Morgan fingerprint density at radius 2 is 1.80 bits per heavy atom. The first-order valence-corrected chi connectivity index (χ1v) is 11.1. The fourth-order valence-corrected chi connectivity index (χ4v) is 4.43. The Morgan fingerprint density at radius 1 is 1.09 bits per heavy atom. The summed E-state index contributed by atoms with van der Waals surface area (Å²) in [6.45, 7) is 4.20. The molecule has 1 fully saturated rings. The molecule has 0 N–H and O–H groups in total. The molecule has 2 amide bonds. The molecule has 1 saturated heterocycles. The molecule has 35 heavy (non-hydrogen) atoms. The highest BCUT2D eigenvalue weighted by molar-refractivity contribution is 5.79. The highest BCUT2D eigenvalue weighted by atomic mass is 19.1. The van der Waals surface area contributed by atoms with E-state index in [1.165, 1.54) is 34.3 Å². The molecule has 0 spiro atoms. The second-order valence-corrected chi connectivity index (χ2v) is 8.69. The van der Waals surface area contributed by atoms with E-state index in [1.54, 1.807) is 4.68 Å². The van der Waals surface area contributed by atoms with Gasteiger partial charge in [0.15, 0.2) is 11.6 Å². The molecule has 3 aromatic rings. The molecule has 1 atom stereocenters. The summed E-state index contributed by atoms with van der Waals surface area (Å²) in [5.74, 6) is -1.99. The van der Waals surface area contributed by atoms with Crippen molar-refractivity contribution in [1.29, 1.82) is 0 Å². The maximum atomic E-state index is 14.4. The highest BCUT2D eigenvalue weighted by Crippen LogP contribution is 2.33. The van der Waals surface area contributed by atoms with Gasteiger partial charge in [0, 0.05) is 43.1 Å². The molecule has 0 aliphatic carbocycles. The molecule has 0 bridgehead atoms. The number of likely N-dealkylation sites (tertiary alicyclic amines) is 1. The fraction of sp³-hybridized carbons (Fsp3) is 0.333. The number of nitrogens with zero attached hydrogens (tertiary/aromatic N) is 6. The summed E-state index contributed by atoms with van der Waals surface area (Å²) in [5, 5.41) is 9.68. The second kappa shape index (κ2) is 8.71. The molecule has 5 rings (SSSR count). The van der Waals surface area contributed by atoms with Gasteiger partial charge >= 0.3 is 6.03 Å². The SMILES string of the molecule is Cc1nn(C)c(C)c1-c1cc(OC2CN(C(=O)N3N=CC[C@H]3c3cc(F)cc(F)c3)C2)c(F)cn1. The molecule has 11 heteroatoms. The predicted octanol–water partition coefficient (Wildman–Crippen LogP) is 4.13. The number of carbonyl (C=O) groups is 1. The Labute approximate surface area is 199 Å². The van der Waals surface area contributed by atoms with E-state index in [1.807, 2.05) is 20.9 Å². The average Bonchev–Trinajstić information content (AvgIpc) is 3.35. The van der Waals surface area contributed by atoms with Crippen LogP contribution in [0.2, 0.25) is 0 Å². The van der Waals surface area contributed by atoms with Crippen LogP contribution in [0, 0.1) is 31.3 Å². The third-order valence-corrected chi connectivity index (χ3v) is 6.29. The van der Waals surface area contributed by atoms with E-state index < -0.39 is 35.6 Å². The van der Waals surface area contributed by atoms with Crippen molar-refractivity contribution in [3.63, 3.8) is 0 Å². The first-order valence-electron chi connectivity index (χ1n) is 11.1. The van der Waals surface area contributed by atoms with Crippen molar-refractivity contribution in [2.75, 3.05) is 13.1 Å². The van der Waals surface area contributed by atoms with Crippen molar-refractivity contribution in [2.24, 2.45) is 12.1 Å². The Hall–Kier alpha value is -3.89. The molecule has 0 saturated carbocycles. The lowest BCUT2D eigenvalue weighted by atomic mass is 10.0. The van der Waals surface area contributed by atoms with E-state index >= 15 is 0 Å². The standard InChI is InChI=1S/C24H23F3N6O2/c1-13-23(14(2)31(3)30-13)20-9-22(19(27)10-28-20)35-18-11-32(12-18)24(34)33-21(4-5-29-33)15-6-16(25)8-17(26)7-15/h5-10,18,21H,4,11-12H2,1-3H3/t21-/m0/s1. The zero-order chi connectivity index (χ0) is 24.9. The summed E-state index contributed by atoms with van der Waals surface area (Å²) < 4.78 is 49.3. The number of rotatable bonds is 4. The number of benzene rings is 1. The van der Waals surface area contributed by atoms with Gasteiger partial charge in [-0.2, -0.15) is 10.2 Å². The van der Waals surface area contributed by atoms with E-state index in [0.29, 0.717) is 17.7 Å². The van der Waals surface area contributed by atoms with Crippen molar-refractivity contribution in [1.82, 2.24) is 24.7 Å². The topological polar surface area (TPSA) is 75.8 Å². The number of carbonyl (C=O) groups excluding carboxylic acids is 1. The Morgan fingerprint density at radius 3 is 2.46 bits per heavy atom. The van der Waals surface area contributed by atoms with E-state index in [0.717, 1.165) is 29.2 Å². The van der Waals surface area contributed by atoms with Gasteiger partial charge in [0.1, 0.15) is 17.7 Å². The van der Waals surface area contributed by atoms with Crippen molar-refractivity contribution >= 4 is 12.2 Å². The molecule has 0 radical (unpaired) electrons. The fourth-order valence-electron chi connectivity index (χ4n) is 4.43. The first-order chi connectivity index (χ1) is 16.7. The van der Waals surface area contributed by atoms with Crippen molar-refractivity contribution in [3.05, 3.63) is 64.9 Å². The number of halogens is 3. The van der Waals surface area contributed by atoms with Gasteiger partial charge in [0.05, 0.1) is 36.7 Å². The lowest BCUT2D eigenvalue weighted by Crippen LogP contribution is -2.58. The van der Waals surface area contributed by atoms with Crippen LogP contribution in [-0.2, 0) is 7.05 Å². The van der Waals surface area contributed by atoms with E-state index in [9.17, 15) is 18.0 Å². The normalized spacial score (nSPS) is 17.7. The Bertz CT molecular complexity index is 1310. The zero-order valence-electron chi connectivity index (χ0n) is 19.4. The summed E-state index contributed by atoms with van der Waals surface area (Å²) in [7, 11) is 1.83. The van der Waals surface area contributed by atoms with Crippen LogP contribution in [0.1, 0.15) is 29.4 Å². The third-order valence-electron chi connectivity index (χ3n) is 6.29. The number of hydrazone groups is 1. The monoisotopic (exact) mass is 484 g/mol. The number of pyridine rings is 1. The Balaban J connectivity index is 1.26. The predicted molar refractivity (Wildman–Crippen MR) is 121 cm³/mol. The van der Waals surface area contributed by atoms with Crippen molar-refractivity contribution in [2.45, 2.75) is 32.4 Å². The maximum absolute atomic E-state index is 14.4. The van der Waals surface area contributed by atoms with Gasteiger partial charge in [-0.25, -0.2) is 23.0 Å². The van der Waals surface area contributed by atoms with Gasteiger partial charge in [-0.05, 0) is 31.5 Å². The molecular weight excluding hydrogens is 461 g/mol. The minimum atomic E-state index is -0.716. The number of hydrogen-bond acceptors (Lipinski definition) is 5. The minimum Gasteiger partial charge on any atom is -0.483 e. The molecule has 8 nitrogen and oxygen atoms in total. The van der Waals surface area contributed by atoms with Crippen LogP contribution in [-0.4, -0.2) is 56.1 Å². The number of hydrogen-bond donors (Lipinski definition) is 0. The van der Waals surface area contributed by atoms with Crippen molar-refractivity contribution < 1.29 is 22.7 Å². The van der Waals surface area contributed by atoms with Crippen molar-refractivity contribution in [3.8, 4) is 17.0 Å². The second-order valence-electron chi connectivity index (χ2n) is 8.69. The number of urea groups is 1. The van der Waals surface area contributed by atoms with Gasteiger partial charge in [-0.3, -0.25) is 9.67 Å². The number of amides is 2. The quantitative estimate of drug-likeness (QED) is 0.558. The van der Waals surface area contributed by atoms with Crippen LogP contribution in [0.3, 0.4) is 0 Å². The summed E-state index contributed by atoms with van der Waals surface area (Å²) in [5.41, 5.74) is 3.36. The summed E-state index contributed by atoms with van der Waals surface area (Å²) >= 11 is 0. The van der Waals surface area contributed by atoms with Crippen LogP contribution in [0.4, 0.5) is 18.0 Å². The molecule has 0 unspecified atom stereocenters. The summed E-state index contributed by atoms with van der Waals surface area (Å²) in [6.07, 6.45) is 2.58. The van der Waals surface area contributed by atoms with Gasteiger partial charge in [-0.15, -0.1) is 0 Å². The molecule has 2 aliphatic rings. The van der Waals surface area contributed by atoms with E-state index in [2.05, 4.69) is 15.2 Å². The molecule has 2 aliphatic heterocycles. The Kier molecular flexibility index (Phi) is 5.70. The highest BCUT2D eigenvalue weighted by Gasteiger charge is 2.39. The van der Waals surface area contributed by atoms with Crippen LogP contribution in [0.5, 0.6) is 5.75 Å². The number of aromatic nitrogens is 3. The molecule has 2 aromatic heterocycles. The van der Waals surface area contributed by atoms with Crippen LogP contribution < -0.4 is 4.74 Å². The molecule has 182 valence electrons. The minimum absolute atomic E-state index is 0.0436. The first kappa shape index (κ1) is 22.9. The van der Waals surface area contributed by atoms with Gasteiger partial charge in [-0.1, -0.05) is 0 Å². The van der Waals surface area contributed by atoms with Crippen LogP contribution in [0.15, 0.2) is 35.6 Å². The number of aryl methyl sites for hydroxylation is 2. The molecular formula is C24H23F3N6O2. The zero-order valence-corrected chi connectivity index (χ0v) is 19.4. The average molecular weight is 484 g/mol. The smallest absolute Gasteiger partial charge is 0.341 e. The van der Waals surface area contributed by atoms with Crippen LogP contribution >= 0.6 is 0 Å². The largest absolute Gasteiger partial charge is 0.483 e. The third kappa shape index (κ3) is 4.22. The van der Waals surface area contributed by atoms with Gasteiger partial charge in [0.2, 0.25) is 0 Å². The van der Waals surface area contributed by atoms with Gasteiger partial charge < -0.3 is 9.64 Å². The summed E-state index contributed by atoms with van der Waals surface area (Å²) in [4.78, 5) is 18.6. The molecule has 1 aromatic carbocycles. The van der Waals surface area contributed by atoms with E-state index in [-0.39, 0.29) is 18.8 Å². The number of ether oxygens (including phenoxy) is 1. The summed E-state index contributed by atoms with van der Waals surface area (Å²) in [6, 6.07) is 3.70. The lowest BCUT2D eigenvalue weighted by Gasteiger charge is -2.41. The van der Waals surface area contributed by atoms with Crippen LogP contribution in [0.25, 0.3) is 11.3 Å². The lowest BCUT2D eigenvalue weighted by molar-refractivity contribution is 0.0256.